The molecule has 1 N–H and O–H groups in total. The lowest BCUT2D eigenvalue weighted by molar-refractivity contribution is -0.136. The SMILES string of the molecule is O=C(O)Cc1cc(I)cc(C(F)F)n1. The maximum Gasteiger partial charge on any atom is 0.309 e. The van der Waals surface area contributed by atoms with Crippen molar-refractivity contribution in [3.05, 3.63) is 27.1 Å². The molecule has 76 valence electrons. The number of aromatic nitrogens is 1. The number of alkyl halides is 2. The number of carboxylic acid groups (broad SMARTS) is 1. The van der Waals surface area contributed by atoms with Crippen LogP contribution < -0.4 is 0 Å². The van der Waals surface area contributed by atoms with Gasteiger partial charge in [-0.1, -0.05) is 0 Å². The molecule has 6 heteroatoms. The third-order valence-electron chi connectivity index (χ3n) is 1.42. The van der Waals surface area contributed by atoms with E-state index in [1.54, 1.807) is 0 Å². The van der Waals surface area contributed by atoms with Gasteiger partial charge < -0.3 is 5.11 Å². The Morgan fingerprint density at radius 2 is 2.21 bits per heavy atom. The smallest absolute Gasteiger partial charge is 0.309 e. The van der Waals surface area contributed by atoms with Crippen molar-refractivity contribution in [2.45, 2.75) is 12.8 Å². The first-order valence-corrected chi connectivity index (χ1v) is 4.73. The van der Waals surface area contributed by atoms with Gasteiger partial charge in [-0.15, -0.1) is 0 Å². The highest BCUT2D eigenvalue weighted by Gasteiger charge is 2.12. The van der Waals surface area contributed by atoms with E-state index in [4.69, 9.17) is 5.11 Å². The van der Waals surface area contributed by atoms with Crippen LogP contribution >= 0.6 is 22.6 Å². The van der Waals surface area contributed by atoms with Crippen molar-refractivity contribution in [3.8, 4) is 0 Å². The van der Waals surface area contributed by atoms with Gasteiger partial charge in [-0.3, -0.25) is 9.78 Å². The normalized spacial score (nSPS) is 10.6. The van der Waals surface area contributed by atoms with Crippen LogP contribution in [0.2, 0.25) is 0 Å². The van der Waals surface area contributed by atoms with E-state index < -0.39 is 12.4 Å². The third-order valence-corrected chi connectivity index (χ3v) is 2.04. The van der Waals surface area contributed by atoms with Crippen molar-refractivity contribution in [1.29, 1.82) is 0 Å². The molecule has 0 aliphatic rings. The van der Waals surface area contributed by atoms with Crippen molar-refractivity contribution in [3.63, 3.8) is 0 Å². The fourth-order valence-electron chi connectivity index (χ4n) is 0.930. The topological polar surface area (TPSA) is 50.2 Å². The van der Waals surface area contributed by atoms with Gasteiger partial charge in [0.15, 0.2) is 0 Å². The summed E-state index contributed by atoms with van der Waals surface area (Å²) < 4.78 is 25.1. The minimum atomic E-state index is -2.67. The molecule has 1 rings (SSSR count). The maximum atomic E-state index is 12.3. The molecule has 1 heterocycles. The average Bonchev–Trinajstić information content (AvgIpc) is 2.01. The second kappa shape index (κ2) is 4.63. The predicted molar refractivity (Wildman–Crippen MR) is 53.3 cm³/mol. The quantitative estimate of drug-likeness (QED) is 0.871. The summed E-state index contributed by atoms with van der Waals surface area (Å²) in [7, 11) is 0. The van der Waals surface area contributed by atoms with Crippen molar-refractivity contribution >= 4 is 28.6 Å². The van der Waals surface area contributed by atoms with Crippen LogP contribution in [-0.2, 0) is 11.2 Å². The van der Waals surface area contributed by atoms with Gasteiger partial charge in [0, 0.05) is 3.57 Å². The van der Waals surface area contributed by atoms with Crippen LogP contribution in [0.25, 0.3) is 0 Å². The molecule has 0 radical (unpaired) electrons. The zero-order chi connectivity index (χ0) is 10.7. The molecule has 0 aliphatic carbocycles. The molecule has 0 amide bonds. The molecule has 1 aromatic rings. The van der Waals surface area contributed by atoms with E-state index in [2.05, 4.69) is 4.98 Å². The monoisotopic (exact) mass is 313 g/mol. The number of rotatable bonds is 3. The van der Waals surface area contributed by atoms with Crippen molar-refractivity contribution in [2.24, 2.45) is 0 Å². The Morgan fingerprint density at radius 3 is 2.71 bits per heavy atom. The van der Waals surface area contributed by atoms with Gasteiger partial charge in [0.2, 0.25) is 0 Å². The van der Waals surface area contributed by atoms with E-state index in [9.17, 15) is 13.6 Å². The molecular weight excluding hydrogens is 307 g/mol. The van der Waals surface area contributed by atoms with Crippen LogP contribution in [0.1, 0.15) is 17.8 Å². The summed E-state index contributed by atoms with van der Waals surface area (Å²) in [6.07, 6.45) is -3.01. The molecule has 14 heavy (non-hydrogen) atoms. The summed E-state index contributed by atoms with van der Waals surface area (Å²) >= 11 is 1.84. The van der Waals surface area contributed by atoms with Gasteiger partial charge in [0.1, 0.15) is 5.69 Å². The predicted octanol–water partition coefficient (Wildman–Crippen LogP) is 2.25. The van der Waals surface area contributed by atoms with Crippen molar-refractivity contribution in [2.75, 3.05) is 0 Å². The fraction of sp³-hybridized carbons (Fsp3) is 0.250. The van der Waals surface area contributed by atoms with Crippen LogP contribution in [0.4, 0.5) is 8.78 Å². The van der Waals surface area contributed by atoms with E-state index in [0.717, 1.165) is 0 Å². The molecule has 0 aromatic carbocycles. The van der Waals surface area contributed by atoms with Crippen LogP contribution in [0, 0.1) is 3.57 Å². The first kappa shape index (κ1) is 11.3. The molecule has 0 bridgehead atoms. The standard InChI is InChI=1S/C8H6F2INO2/c9-8(10)6-2-4(11)1-5(12-6)3-7(13)14/h1-2,8H,3H2,(H,13,14). The summed E-state index contributed by atoms with van der Waals surface area (Å²) in [6.45, 7) is 0. The Morgan fingerprint density at radius 1 is 1.57 bits per heavy atom. The molecule has 0 saturated heterocycles. The van der Waals surface area contributed by atoms with Crippen LogP contribution in [0.3, 0.4) is 0 Å². The molecule has 0 fully saturated rings. The summed E-state index contributed by atoms with van der Waals surface area (Å²) in [5, 5.41) is 8.46. The minimum Gasteiger partial charge on any atom is -0.481 e. The lowest BCUT2D eigenvalue weighted by Gasteiger charge is -2.03. The Labute approximate surface area is 92.3 Å². The summed E-state index contributed by atoms with van der Waals surface area (Å²) in [5.41, 5.74) is -0.229. The number of pyridine rings is 1. The highest BCUT2D eigenvalue weighted by Crippen LogP contribution is 2.19. The number of nitrogens with zero attached hydrogens (tertiary/aromatic N) is 1. The van der Waals surface area contributed by atoms with E-state index >= 15 is 0 Å². The van der Waals surface area contributed by atoms with Crippen LogP contribution in [0.5, 0.6) is 0 Å². The van der Waals surface area contributed by atoms with Gasteiger partial charge >= 0.3 is 5.97 Å². The Balaban J connectivity index is 3.01. The van der Waals surface area contributed by atoms with E-state index in [1.807, 2.05) is 22.6 Å². The Hall–Kier alpha value is -0.790. The maximum absolute atomic E-state index is 12.3. The third kappa shape index (κ3) is 3.17. The molecule has 3 nitrogen and oxygen atoms in total. The number of hydrogen-bond acceptors (Lipinski definition) is 2. The summed E-state index contributed by atoms with van der Waals surface area (Å²) in [6, 6.07) is 2.71. The van der Waals surface area contributed by atoms with Gasteiger partial charge in [0.25, 0.3) is 6.43 Å². The summed E-state index contributed by atoms with van der Waals surface area (Å²) in [4.78, 5) is 13.9. The molecule has 0 spiro atoms. The first-order valence-electron chi connectivity index (χ1n) is 3.65. The molecule has 0 atom stereocenters. The fourth-order valence-corrected chi connectivity index (χ4v) is 1.61. The van der Waals surface area contributed by atoms with Gasteiger partial charge in [-0.05, 0) is 34.7 Å². The van der Waals surface area contributed by atoms with E-state index in [-0.39, 0.29) is 17.8 Å². The largest absolute Gasteiger partial charge is 0.481 e. The zero-order valence-corrected chi connectivity index (χ0v) is 9.03. The highest BCUT2D eigenvalue weighted by atomic mass is 127. The number of carbonyl (C=O) groups is 1. The summed E-state index contributed by atoms with van der Waals surface area (Å²) in [5.74, 6) is -1.08. The van der Waals surface area contributed by atoms with Crippen molar-refractivity contribution in [1.82, 2.24) is 4.98 Å². The van der Waals surface area contributed by atoms with Crippen molar-refractivity contribution < 1.29 is 18.7 Å². The Kier molecular flexibility index (Phi) is 3.73. The molecular formula is C8H6F2INO2. The van der Waals surface area contributed by atoms with Gasteiger partial charge in [-0.25, -0.2) is 8.78 Å². The van der Waals surface area contributed by atoms with Gasteiger partial charge in [-0.2, -0.15) is 0 Å². The average molecular weight is 313 g/mol. The number of hydrogen-bond donors (Lipinski definition) is 1. The second-order valence-electron chi connectivity index (χ2n) is 2.57. The zero-order valence-electron chi connectivity index (χ0n) is 6.88. The minimum absolute atomic E-state index is 0.153. The van der Waals surface area contributed by atoms with Crippen LogP contribution in [0.15, 0.2) is 12.1 Å². The lowest BCUT2D eigenvalue weighted by Crippen LogP contribution is -2.05. The second-order valence-corrected chi connectivity index (χ2v) is 3.82. The van der Waals surface area contributed by atoms with Crippen LogP contribution in [-0.4, -0.2) is 16.1 Å². The number of aliphatic carboxylic acids is 1. The highest BCUT2D eigenvalue weighted by molar-refractivity contribution is 14.1. The number of halogens is 3. The van der Waals surface area contributed by atoms with E-state index in [1.165, 1.54) is 12.1 Å². The molecule has 0 unspecified atom stereocenters. The van der Waals surface area contributed by atoms with E-state index in [0.29, 0.717) is 3.57 Å². The molecule has 0 saturated carbocycles. The van der Waals surface area contributed by atoms with Gasteiger partial charge in [0.05, 0.1) is 12.1 Å². The first-order chi connectivity index (χ1) is 6.49. The lowest BCUT2D eigenvalue weighted by atomic mass is 10.2. The Bertz CT molecular complexity index is 357. The molecule has 0 aliphatic heterocycles. The number of carboxylic acids is 1. The molecule has 1 aromatic heterocycles.